The van der Waals surface area contributed by atoms with Gasteiger partial charge in [0.25, 0.3) is 0 Å². The van der Waals surface area contributed by atoms with Crippen molar-refractivity contribution in [1.29, 1.82) is 0 Å². The smallest absolute Gasteiger partial charge is 0.231 e. The Balaban J connectivity index is 1.35. The van der Waals surface area contributed by atoms with Crippen LogP contribution in [0.25, 0.3) is 11.0 Å². The van der Waals surface area contributed by atoms with Gasteiger partial charge in [-0.15, -0.1) is 0 Å². The highest BCUT2D eigenvalue weighted by Gasteiger charge is 2.35. The molecule has 3 heterocycles. The van der Waals surface area contributed by atoms with Gasteiger partial charge in [0.05, 0.1) is 11.0 Å². The molecule has 2 aliphatic heterocycles. The normalized spacial score (nSPS) is 17.6. The minimum Gasteiger partial charge on any atom is -0.454 e. The van der Waals surface area contributed by atoms with E-state index in [9.17, 15) is 4.79 Å². The first-order valence-electron chi connectivity index (χ1n) is 11.9. The zero-order valence-electron chi connectivity index (χ0n) is 18.8. The van der Waals surface area contributed by atoms with Crippen molar-refractivity contribution in [3.8, 4) is 11.5 Å². The molecule has 1 aromatic heterocycles. The van der Waals surface area contributed by atoms with E-state index in [-0.39, 0.29) is 18.6 Å². The molecule has 0 saturated carbocycles. The lowest BCUT2D eigenvalue weighted by molar-refractivity contribution is -0.117. The number of aromatic nitrogens is 2. The number of rotatable bonds is 9. The highest BCUT2D eigenvalue weighted by molar-refractivity contribution is 5.97. The van der Waals surface area contributed by atoms with Gasteiger partial charge < -0.3 is 18.9 Å². The summed E-state index contributed by atoms with van der Waals surface area (Å²) in [7, 11) is 0. The fourth-order valence-corrected chi connectivity index (χ4v) is 4.87. The largest absolute Gasteiger partial charge is 0.454 e. The quantitative estimate of drug-likeness (QED) is 0.410. The summed E-state index contributed by atoms with van der Waals surface area (Å²) in [6, 6.07) is 14.1. The second-order valence-corrected chi connectivity index (χ2v) is 8.82. The van der Waals surface area contributed by atoms with Crippen molar-refractivity contribution in [3.05, 3.63) is 48.3 Å². The third-order valence-corrected chi connectivity index (χ3v) is 6.58. The molecule has 2 aromatic carbocycles. The van der Waals surface area contributed by atoms with Crippen LogP contribution in [0.3, 0.4) is 0 Å². The predicted molar refractivity (Wildman–Crippen MR) is 125 cm³/mol. The Morgan fingerprint density at radius 2 is 1.81 bits per heavy atom. The van der Waals surface area contributed by atoms with E-state index >= 15 is 0 Å². The summed E-state index contributed by atoms with van der Waals surface area (Å²) < 4.78 is 13.3. The van der Waals surface area contributed by atoms with Gasteiger partial charge in [-0.25, -0.2) is 4.98 Å². The number of benzene rings is 2. The number of ether oxygens (including phenoxy) is 2. The Kier molecular flexibility index (Phi) is 6.02. The average molecular weight is 434 g/mol. The van der Waals surface area contributed by atoms with Gasteiger partial charge in [0, 0.05) is 37.2 Å². The number of aryl methyl sites for hydroxylation is 1. The van der Waals surface area contributed by atoms with E-state index in [1.54, 1.807) is 0 Å². The Hall–Kier alpha value is -3.02. The molecule has 1 amide bonds. The SMILES string of the molecule is CCCCCCCCn1c(C2CC(=O)N(c3ccc4c(c3)OCO4)C2)nc2ccccc21. The number of carbonyl (C=O) groups excluding carboxylic acids is 1. The molecular formula is C26H31N3O3. The fourth-order valence-electron chi connectivity index (χ4n) is 4.87. The maximum Gasteiger partial charge on any atom is 0.231 e. The van der Waals surface area contributed by atoms with Crippen molar-refractivity contribution in [1.82, 2.24) is 9.55 Å². The van der Waals surface area contributed by atoms with Gasteiger partial charge >= 0.3 is 0 Å². The summed E-state index contributed by atoms with van der Waals surface area (Å²) in [4.78, 5) is 19.8. The first kappa shape index (κ1) is 20.9. The molecule has 6 nitrogen and oxygen atoms in total. The number of hydrogen-bond acceptors (Lipinski definition) is 4. The number of anilines is 1. The number of amides is 1. The van der Waals surface area contributed by atoms with Crippen LogP contribution in [0.2, 0.25) is 0 Å². The molecule has 0 spiro atoms. The van der Waals surface area contributed by atoms with Gasteiger partial charge in [-0.3, -0.25) is 4.79 Å². The molecule has 1 saturated heterocycles. The predicted octanol–water partition coefficient (Wildman–Crippen LogP) is 5.65. The molecule has 1 atom stereocenters. The third-order valence-electron chi connectivity index (χ3n) is 6.58. The van der Waals surface area contributed by atoms with E-state index in [4.69, 9.17) is 14.5 Å². The van der Waals surface area contributed by atoms with E-state index in [0.717, 1.165) is 35.7 Å². The van der Waals surface area contributed by atoms with Gasteiger partial charge in [-0.1, -0.05) is 51.2 Å². The van der Waals surface area contributed by atoms with Gasteiger partial charge in [0.2, 0.25) is 12.7 Å². The molecule has 0 radical (unpaired) electrons. The van der Waals surface area contributed by atoms with Crippen molar-refractivity contribution in [3.63, 3.8) is 0 Å². The van der Waals surface area contributed by atoms with E-state index in [1.165, 1.54) is 37.6 Å². The van der Waals surface area contributed by atoms with Crippen molar-refractivity contribution in [2.75, 3.05) is 18.2 Å². The molecule has 32 heavy (non-hydrogen) atoms. The number of para-hydroxylation sites is 2. The third kappa shape index (κ3) is 4.06. The summed E-state index contributed by atoms with van der Waals surface area (Å²) in [6.07, 6.45) is 8.05. The van der Waals surface area contributed by atoms with Crippen LogP contribution in [0.15, 0.2) is 42.5 Å². The zero-order valence-corrected chi connectivity index (χ0v) is 18.8. The van der Waals surface area contributed by atoms with E-state index in [2.05, 4.69) is 29.7 Å². The number of hydrogen-bond donors (Lipinski definition) is 0. The van der Waals surface area contributed by atoms with Crippen LogP contribution in [0.4, 0.5) is 5.69 Å². The second kappa shape index (κ2) is 9.23. The molecule has 3 aromatic rings. The van der Waals surface area contributed by atoms with Crippen LogP contribution in [0.1, 0.15) is 63.6 Å². The van der Waals surface area contributed by atoms with E-state index in [0.29, 0.717) is 18.7 Å². The number of nitrogens with zero attached hydrogens (tertiary/aromatic N) is 3. The molecule has 0 N–H and O–H groups in total. The molecule has 5 rings (SSSR count). The maximum absolute atomic E-state index is 13.0. The Labute approximate surface area is 189 Å². The van der Waals surface area contributed by atoms with Gasteiger partial charge in [-0.2, -0.15) is 0 Å². The van der Waals surface area contributed by atoms with E-state index in [1.807, 2.05) is 29.2 Å². The van der Waals surface area contributed by atoms with Crippen LogP contribution in [0.5, 0.6) is 11.5 Å². The standard InChI is InChI=1S/C26H31N3O3/c1-2-3-4-5-6-9-14-28-22-11-8-7-10-21(22)27-26(28)19-15-25(30)29(17-19)20-12-13-23-24(16-20)32-18-31-23/h7-8,10-13,16,19H,2-6,9,14-15,17-18H2,1H3. The first-order valence-corrected chi connectivity index (χ1v) is 11.9. The van der Waals surface area contributed by atoms with Crippen molar-refractivity contribution < 1.29 is 14.3 Å². The van der Waals surface area contributed by atoms with Crippen LogP contribution in [0, 0.1) is 0 Å². The minimum absolute atomic E-state index is 0.0837. The topological polar surface area (TPSA) is 56.6 Å². The number of imidazole rings is 1. The fraction of sp³-hybridized carbons (Fsp3) is 0.462. The molecule has 1 unspecified atom stereocenters. The minimum atomic E-state index is 0.0837. The lowest BCUT2D eigenvalue weighted by Gasteiger charge is -2.18. The van der Waals surface area contributed by atoms with Crippen LogP contribution in [-0.4, -0.2) is 28.8 Å². The molecular weight excluding hydrogens is 402 g/mol. The number of fused-ring (bicyclic) bond motifs is 2. The molecule has 1 fully saturated rings. The molecule has 0 aliphatic carbocycles. The number of carbonyl (C=O) groups is 1. The summed E-state index contributed by atoms with van der Waals surface area (Å²) in [5.41, 5.74) is 3.05. The molecule has 6 heteroatoms. The van der Waals surface area contributed by atoms with Gasteiger partial charge in [0.1, 0.15) is 5.82 Å². The lowest BCUT2D eigenvalue weighted by Crippen LogP contribution is -2.24. The van der Waals surface area contributed by atoms with Crippen molar-refractivity contribution in [2.45, 2.75) is 64.3 Å². The first-order chi connectivity index (χ1) is 15.7. The monoisotopic (exact) mass is 433 g/mol. The Morgan fingerprint density at radius 1 is 1.00 bits per heavy atom. The molecule has 2 aliphatic rings. The summed E-state index contributed by atoms with van der Waals surface area (Å²) in [6.45, 7) is 4.08. The average Bonchev–Trinajstić information content (AvgIpc) is 3.52. The molecule has 168 valence electrons. The Bertz CT molecular complexity index is 1110. The van der Waals surface area contributed by atoms with Crippen molar-refractivity contribution in [2.24, 2.45) is 0 Å². The molecule has 0 bridgehead atoms. The number of unbranched alkanes of at least 4 members (excludes halogenated alkanes) is 5. The summed E-state index contributed by atoms with van der Waals surface area (Å²) in [5.74, 6) is 2.69. The van der Waals surface area contributed by atoms with Crippen molar-refractivity contribution >= 4 is 22.6 Å². The highest BCUT2D eigenvalue weighted by atomic mass is 16.7. The second-order valence-electron chi connectivity index (χ2n) is 8.82. The maximum atomic E-state index is 13.0. The van der Waals surface area contributed by atoms with Crippen LogP contribution >= 0.6 is 0 Å². The summed E-state index contributed by atoms with van der Waals surface area (Å²) in [5, 5.41) is 0. The highest BCUT2D eigenvalue weighted by Crippen LogP contribution is 2.39. The van der Waals surface area contributed by atoms with Gasteiger partial charge in [-0.05, 0) is 30.7 Å². The van der Waals surface area contributed by atoms with Crippen LogP contribution in [-0.2, 0) is 11.3 Å². The zero-order chi connectivity index (χ0) is 21.9. The summed E-state index contributed by atoms with van der Waals surface area (Å²) >= 11 is 0. The lowest BCUT2D eigenvalue weighted by atomic mass is 10.1. The van der Waals surface area contributed by atoms with Crippen LogP contribution < -0.4 is 14.4 Å². The van der Waals surface area contributed by atoms with E-state index < -0.39 is 0 Å². The Morgan fingerprint density at radius 3 is 2.72 bits per heavy atom. The van der Waals surface area contributed by atoms with Gasteiger partial charge in [0.15, 0.2) is 11.5 Å².